The highest BCUT2D eigenvalue weighted by Gasteiger charge is 2.47. The molecule has 2 atom stereocenters. The van der Waals surface area contributed by atoms with E-state index in [1.807, 2.05) is 13.8 Å². The Morgan fingerprint density at radius 1 is 1.50 bits per heavy atom. The monoisotopic (exact) mass is 172 g/mol. The van der Waals surface area contributed by atoms with Gasteiger partial charge in [0.15, 0.2) is 0 Å². The second-order valence-electron chi connectivity index (χ2n) is 4.23. The van der Waals surface area contributed by atoms with E-state index >= 15 is 0 Å². The number of carboxylic acid groups (broad SMARTS) is 1. The third-order valence-electron chi connectivity index (χ3n) is 3.31. The molecule has 3 heteroatoms. The van der Waals surface area contributed by atoms with Gasteiger partial charge in [-0.15, -0.1) is 0 Å². The fourth-order valence-electron chi connectivity index (χ4n) is 1.99. The zero-order valence-electron chi connectivity index (χ0n) is 7.58. The number of hydrogen-bond acceptors (Lipinski definition) is 2. The lowest BCUT2D eigenvalue weighted by molar-refractivity contribution is -0.144. The average Bonchev–Trinajstić information content (AvgIpc) is 1.96. The predicted molar refractivity (Wildman–Crippen MR) is 44.7 cm³/mol. The van der Waals surface area contributed by atoms with Crippen LogP contribution in [-0.4, -0.2) is 22.8 Å². The Morgan fingerprint density at radius 2 is 2.08 bits per heavy atom. The van der Waals surface area contributed by atoms with Crippen molar-refractivity contribution in [2.24, 2.45) is 17.3 Å². The minimum absolute atomic E-state index is 0.00708. The summed E-state index contributed by atoms with van der Waals surface area (Å²) in [7, 11) is 0. The lowest BCUT2D eigenvalue weighted by Gasteiger charge is -2.51. The van der Waals surface area contributed by atoms with Crippen LogP contribution >= 0.6 is 0 Å². The fraction of sp³-hybridized carbons (Fsp3) is 0.889. The topological polar surface area (TPSA) is 57.5 Å². The summed E-state index contributed by atoms with van der Waals surface area (Å²) in [6.45, 7) is 4.25. The summed E-state index contributed by atoms with van der Waals surface area (Å²) < 4.78 is 0. The van der Waals surface area contributed by atoms with E-state index in [2.05, 4.69) is 0 Å². The SMILES string of the molecule is CC1(C)C(CO)CC1CC(=O)O. The van der Waals surface area contributed by atoms with Crippen molar-refractivity contribution in [3.8, 4) is 0 Å². The summed E-state index contributed by atoms with van der Waals surface area (Å²) in [5, 5.41) is 17.5. The molecule has 0 aromatic heterocycles. The molecule has 0 spiro atoms. The highest BCUT2D eigenvalue weighted by Crippen LogP contribution is 2.52. The Kier molecular flexibility index (Phi) is 2.42. The number of aliphatic carboxylic acids is 1. The van der Waals surface area contributed by atoms with Gasteiger partial charge in [0.1, 0.15) is 0 Å². The molecule has 0 bridgehead atoms. The van der Waals surface area contributed by atoms with Crippen LogP contribution in [0.4, 0.5) is 0 Å². The van der Waals surface area contributed by atoms with Crippen molar-refractivity contribution in [1.82, 2.24) is 0 Å². The Labute approximate surface area is 72.4 Å². The molecule has 1 saturated carbocycles. The summed E-state index contributed by atoms with van der Waals surface area (Å²) in [6, 6.07) is 0. The van der Waals surface area contributed by atoms with E-state index in [4.69, 9.17) is 10.2 Å². The lowest BCUT2D eigenvalue weighted by Crippen LogP contribution is -2.47. The Hall–Kier alpha value is -0.570. The Bertz CT molecular complexity index is 186. The second-order valence-corrected chi connectivity index (χ2v) is 4.23. The maximum absolute atomic E-state index is 10.4. The van der Waals surface area contributed by atoms with E-state index in [0.717, 1.165) is 6.42 Å². The van der Waals surface area contributed by atoms with Gasteiger partial charge in [0.25, 0.3) is 0 Å². The molecule has 1 fully saturated rings. The molecule has 3 nitrogen and oxygen atoms in total. The van der Waals surface area contributed by atoms with Gasteiger partial charge in [-0.2, -0.15) is 0 Å². The first kappa shape index (κ1) is 9.52. The molecule has 1 aliphatic rings. The summed E-state index contributed by atoms with van der Waals surface area (Å²) in [6.07, 6.45) is 1.10. The van der Waals surface area contributed by atoms with Gasteiger partial charge in [0, 0.05) is 13.0 Å². The molecule has 2 N–H and O–H groups in total. The Morgan fingerprint density at radius 3 is 2.42 bits per heavy atom. The van der Waals surface area contributed by atoms with Crippen LogP contribution in [-0.2, 0) is 4.79 Å². The molecule has 0 aliphatic heterocycles. The van der Waals surface area contributed by atoms with Crippen LogP contribution in [0, 0.1) is 17.3 Å². The first-order valence-corrected chi connectivity index (χ1v) is 4.31. The van der Waals surface area contributed by atoms with Crippen LogP contribution < -0.4 is 0 Å². The van der Waals surface area contributed by atoms with Gasteiger partial charge in [0.2, 0.25) is 0 Å². The van der Waals surface area contributed by atoms with Gasteiger partial charge >= 0.3 is 5.97 Å². The number of hydrogen-bond donors (Lipinski definition) is 2. The van der Waals surface area contributed by atoms with Crippen molar-refractivity contribution in [3.63, 3.8) is 0 Å². The van der Waals surface area contributed by atoms with E-state index in [0.29, 0.717) is 5.92 Å². The minimum Gasteiger partial charge on any atom is -0.481 e. The van der Waals surface area contributed by atoms with Crippen molar-refractivity contribution in [3.05, 3.63) is 0 Å². The van der Waals surface area contributed by atoms with Crippen LogP contribution in [0.5, 0.6) is 0 Å². The number of rotatable bonds is 3. The lowest BCUT2D eigenvalue weighted by atomic mass is 9.54. The summed E-state index contributed by atoms with van der Waals surface area (Å²) in [4.78, 5) is 10.4. The zero-order chi connectivity index (χ0) is 9.35. The molecule has 0 aromatic rings. The molecule has 0 saturated heterocycles. The maximum atomic E-state index is 10.4. The van der Waals surface area contributed by atoms with Crippen molar-refractivity contribution in [2.75, 3.05) is 6.61 Å². The van der Waals surface area contributed by atoms with E-state index in [1.54, 1.807) is 0 Å². The van der Waals surface area contributed by atoms with Gasteiger partial charge in [-0.25, -0.2) is 0 Å². The first-order valence-electron chi connectivity index (χ1n) is 4.31. The largest absolute Gasteiger partial charge is 0.481 e. The van der Waals surface area contributed by atoms with Crippen LogP contribution in [0.1, 0.15) is 26.7 Å². The summed E-state index contributed by atoms with van der Waals surface area (Å²) in [5.74, 6) is -0.196. The smallest absolute Gasteiger partial charge is 0.303 e. The van der Waals surface area contributed by atoms with Gasteiger partial charge < -0.3 is 10.2 Å². The molecule has 1 rings (SSSR count). The van der Waals surface area contributed by atoms with Crippen molar-refractivity contribution < 1.29 is 15.0 Å². The van der Waals surface area contributed by atoms with Crippen LogP contribution in [0.2, 0.25) is 0 Å². The van der Waals surface area contributed by atoms with E-state index in [-0.39, 0.29) is 24.4 Å². The van der Waals surface area contributed by atoms with E-state index < -0.39 is 5.97 Å². The van der Waals surface area contributed by atoms with Gasteiger partial charge in [0.05, 0.1) is 0 Å². The highest BCUT2D eigenvalue weighted by atomic mass is 16.4. The van der Waals surface area contributed by atoms with Crippen LogP contribution in [0.15, 0.2) is 0 Å². The normalized spacial score (nSPS) is 32.6. The van der Waals surface area contributed by atoms with Gasteiger partial charge in [-0.1, -0.05) is 13.8 Å². The first-order chi connectivity index (χ1) is 5.48. The van der Waals surface area contributed by atoms with Gasteiger partial charge in [-0.05, 0) is 23.7 Å². The maximum Gasteiger partial charge on any atom is 0.303 e. The molecule has 0 amide bonds. The van der Waals surface area contributed by atoms with Gasteiger partial charge in [-0.3, -0.25) is 4.79 Å². The number of aliphatic hydroxyl groups is 1. The number of carbonyl (C=O) groups is 1. The zero-order valence-corrected chi connectivity index (χ0v) is 7.58. The average molecular weight is 172 g/mol. The third-order valence-corrected chi connectivity index (χ3v) is 3.31. The molecule has 0 aromatic carbocycles. The predicted octanol–water partition coefficient (Wildman–Crippen LogP) is 1.12. The highest BCUT2D eigenvalue weighted by molar-refractivity contribution is 5.67. The molecule has 2 unspecified atom stereocenters. The fourth-order valence-corrected chi connectivity index (χ4v) is 1.99. The van der Waals surface area contributed by atoms with Crippen molar-refractivity contribution in [1.29, 1.82) is 0 Å². The molecule has 12 heavy (non-hydrogen) atoms. The molecule has 1 aliphatic carbocycles. The van der Waals surface area contributed by atoms with E-state index in [1.165, 1.54) is 0 Å². The van der Waals surface area contributed by atoms with Crippen LogP contribution in [0.25, 0.3) is 0 Å². The molecule has 0 radical (unpaired) electrons. The van der Waals surface area contributed by atoms with Crippen molar-refractivity contribution in [2.45, 2.75) is 26.7 Å². The third kappa shape index (κ3) is 1.46. The van der Waals surface area contributed by atoms with Crippen molar-refractivity contribution >= 4 is 5.97 Å². The minimum atomic E-state index is -0.732. The summed E-state index contributed by atoms with van der Waals surface area (Å²) in [5.41, 5.74) is 0.00708. The Balaban J connectivity index is 2.47. The molecular formula is C9H16O3. The molecular weight excluding hydrogens is 156 g/mol. The molecule has 70 valence electrons. The summed E-state index contributed by atoms with van der Waals surface area (Å²) >= 11 is 0. The molecule has 0 heterocycles. The number of aliphatic hydroxyl groups excluding tert-OH is 1. The quantitative estimate of drug-likeness (QED) is 0.670. The van der Waals surface area contributed by atoms with Crippen LogP contribution in [0.3, 0.4) is 0 Å². The number of carboxylic acids is 1. The second kappa shape index (κ2) is 3.05. The van der Waals surface area contributed by atoms with E-state index in [9.17, 15) is 4.79 Å². The standard InChI is InChI=1S/C9H16O3/c1-9(2)6(4-8(11)12)3-7(9)5-10/h6-7,10H,3-5H2,1-2H3,(H,11,12).